The number of hydrogen-bond acceptors (Lipinski definition) is 4. The highest BCUT2D eigenvalue weighted by Gasteiger charge is 2.08. The Balaban J connectivity index is 2.54. The van der Waals surface area contributed by atoms with Crippen molar-refractivity contribution in [2.24, 2.45) is 5.73 Å². The van der Waals surface area contributed by atoms with E-state index in [-0.39, 0.29) is 6.54 Å². The molecule has 1 heterocycles. The van der Waals surface area contributed by atoms with Gasteiger partial charge < -0.3 is 5.73 Å². The first-order chi connectivity index (χ1) is 6.83. The molecule has 2 aromatic rings. The van der Waals surface area contributed by atoms with Crippen LogP contribution >= 0.6 is 11.6 Å². The number of tetrazole rings is 1. The molecule has 1 aromatic heterocycles. The summed E-state index contributed by atoms with van der Waals surface area (Å²) < 4.78 is 1.53. The van der Waals surface area contributed by atoms with E-state index in [1.54, 1.807) is 6.07 Å². The summed E-state index contributed by atoms with van der Waals surface area (Å²) in [6.45, 7) is 0.276. The van der Waals surface area contributed by atoms with Crippen LogP contribution < -0.4 is 5.73 Å². The second kappa shape index (κ2) is 3.73. The molecule has 0 saturated heterocycles. The smallest absolute Gasteiger partial charge is 0.170 e. The Morgan fingerprint density at radius 3 is 2.86 bits per heavy atom. The number of para-hydroxylation sites is 1. The minimum Gasteiger partial charge on any atom is -0.324 e. The third-order valence-corrected chi connectivity index (χ3v) is 2.12. The first-order valence-corrected chi connectivity index (χ1v) is 4.43. The van der Waals surface area contributed by atoms with Crippen LogP contribution in [0, 0.1) is 0 Å². The number of nitrogens with two attached hydrogens (primary N) is 1. The molecule has 0 aliphatic heterocycles. The normalized spacial score (nSPS) is 10.4. The molecule has 5 nitrogen and oxygen atoms in total. The molecule has 0 fully saturated rings. The summed E-state index contributed by atoms with van der Waals surface area (Å²) in [6.07, 6.45) is 0. The highest BCUT2D eigenvalue weighted by atomic mass is 35.5. The first-order valence-electron chi connectivity index (χ1n) is 4.05. The summed E-state index contributed by atoms with van der Waals surface area (Å²) >= 11 is 5.99. The molecule has 0 atom stereocenters. The summed E-state index contributed by atoms with van der Waals surface area (Å²) in [4.78, 5) is 0. The van der Waals surface area contributed by atoms with Crippen LogP contribution in [-0.2, 0) is 6.54 Å². The topological polar surface area (TPSA) is 69.6 Å². The molecule has 1 aromatic carbocycles. The van der Waals surface area contributed by atoms with Crippen molar-refractivity contribution in [2.75, 3.05) is 0 Å². The predicted molar refractivity (Wildman–Crippen MR) is 52.1 cm³/mol. The zero-order chi connectivity index (χ0) is 9.97. The van der Waals surface area contributed by atoms with E-state index in [0.29, 0.717) is 10.8 Å². The fourth-order valence-electron chi connectivity index (χ4n) is 1.14. The number of nitrogens with zero attached hydrogens (tertiary/aromatic N) is 4. The van der Waals surface area contributed by atoms with Crippen molar-refractivity contribution in [3.63, 3.8) is 0 Å². The van der Waals surface area contributed by atoms with Crippen molar-refractivity contribution >= 4 is 11.6 Å². The molecule has 2 rings (SSSR count). The SMILES string of the molecule is NCc1nnnn1-c1ccccc1Cl. The number of hydrogen-bond donors (Lipinski definition) is 1. The first kappa shape index (κ1) is 9.11. The minimum absolute atomic E-state index is 0.276. The van der Waals surface area contributed by atoms with Gasteiger partial charge in [-0.25, -0.2) is 0 Å². The highest BCUT2D eigenvalue weighted by molar-refractivity contribution is 6.32. The average Bonchev–Trinajstić information content (AvgIpc) is 2.66. The largest absolute Gasteiger partial charge is 0.324 e. The predicted octanol–water partition coefficient (Wildman–Crippen LogP) is 0.774. The Bertz CT molecular complexity index is 439. The van der Waals surface area contributed by atoms with Crippen molar-refractivity contribution in [3.8, 4) is 5.69 Å². The molecule has 14 heavy (non-hydrogen) atoms. The van der Waals surface area contributed by atoms with Gasteiger partial charge in [0.25, 0.3) is 0 Å². The molecular weight excluding hydrogens is 202 g/mol. The molecule has 2 N–H and O–H groups in total. The van der Waals surface area contributed by atoms with Crippen LogP contribution in [0.5, 0.6) is 0 Å². The van der Waals surface area contributed by atoms with Gasteiger partial charge >= 0.3 is 0 Å². The van der Waals surface area contributed by atoms with Gasteiger partial charge in [-0.15, -0.1) is 5.10 Å². The van der Waals surface area contributed by atoms with Gasteiger partial charge in [0.15, 0.2) is 5.82 Å². The standard InChI is InChI=1S/C8H8ClN5/c9-6-3-1-2-4-7(6)14-8(5-10)11-12-13-14/h1-4H,5,10H2. The van der Waals surface area contributed by atoms with Crippen LogP contribution in [0.15, 0.2) is 24.3 Å². The molecule has 0 saturated carbocycles. The highest BCUT2D eigenvalue weighted by Crippen LogP contribution is 2.18. The Labute approximate surface area is 85.5 Å². The van der Waals surface area contributed by atoms with Crippen LogP contribution in [0.3, 0.4) is 0 Å². The molecule has 0 radical (unpaired) electrons. The van der Waals surface area contributed by atoms with Crippen LogP contribution in [-0.4, -0.2) is 20.2 Å². The van der Waals surface area contributed by atoms with E-state index >= 15 is 0 Å². The monoisotopic (exact) mass is 209 g/mol. The van der Waals surface area contributed by atoms with E-state index < -0.39 is 0 Å². The Morgan fingerprint density at radius 2 is 2.14 bits per heavy atom. The maximum absolute atomic E-state index is 5.99. The summed E-state index contributed by atoms with van der Waals surface area (Å²) in [5.41, 5.74) is 6.21. The van der Waals surface area contributed by atoms with Crippen LogP contribution in [0.1, 0.15) is 5.82 Å². The lowest BCUT2D eigenvalue weighted by Gasteiger charge is -2.03. The molecule has 0 bridgehead atoms. The second-order valence-electron chi connectivity index (χ2n) is 2.66. The minimum atomic E-state index is 0.276. The van der Waals surface area contributed by atoms with Crippen molar-refractivity contribution in [1.29, 1.82) is 0 Å². The lowest BCUT2D eigenvalue weighted by molar-refractivity contribution is 0.761. The van der Waals surface area contributed by atoms with Gasteiger partial charge in [0, 0.05) is 0 Å². The molecule has 0 amide bonds. The van der Waals surface area contributed by atoms with Crippen molar-refractivity contribution in [2.45, 2.75) is 6.54 Å². The summed E-state index contributed by atoms with van der Waals surface area (Å²) in [7, 11) is 0. The van der Waals surface area contributed by atoms with Gasteiger partial charge in [0.05, 0.1) is 17.3 Å². The van der Waals surface area contributed by atoms with Gasteiger partial charge in [-0.3, -0.25) is 0 Å². The number of halogens is 1. The fraction of sp³-hybridized carbons (Fsp3) is 0.125. The Morgan fingerprint density at radius 1 is 1.36 bits per heavy atom. The third kappa shape index (κ3) is 1.47. The average molecular weight is 210 g/mol. The van der Waals surface area contributed by atoms with Gasteiger partial charge in [-0.2, -0.15) is 4.68 Å². The molecule has 0 aliphatic rings. The van der Waals surface area contributed by atoms with Gasteiger partial charge in [-0.1, -0.05) is 23.7 Å². The molecule has 0 unspecified atom stereocenters. The maximum atomic E-state index is 5.99. The van der Waals surface area contributed by atoms with E-state index in [0.717, 1.165) is 5.69 Å². The lowest BCUT2D eigenvalue weighted by Crippen LogP contribution is -2.08. The fourth-order valence-corrected chi connectivity index (χ4v) is 1.36. The summed E-state index contributed by atoms with van der Waals surface area (Å²) in [5, 5.41) is 11.7. The van der Waals surface area contributed by atoms with E-state index in [1.807, 2.05) is 18.2 Å². The van der Waals surface area contributed by atoms with Gasteiger partial charge in [0.1, 0.15) is 0 Å². The number of rotatable bonds is 2. The zero-order valence-corrected chi connectivity index (χ0v) is 8.02. The van der Waals surface area contributed by atoms with Crippen molar-refractivity contribution in [1.82, 2.24) is 20.2 Å². The van der Waals surface area contributed by atoms with E-state index in [4.69, 9.17) is 17.3 Å². The third-order valence-electron chi connectivity index (χ3n) is 1.80. The van der Waals surface area contributed by atoms with Gasteiger partial charge in [0.2, 0.25) is 0 Å². The van der Waals surface area contributed by atoms with Crippen LogP contribution in [0.2, 0.25) is 5.02 Å². The molecular formula is C8H8ClN5. The van der Waals surface area contributed by atoms with Gasteiger partial charge in [-0.05, 0) is 22.6 Å². The van der Waals surface area contributed by atoms with E-state index in [2.05, 4.69) is 15.5 Å². The molecule has 0 aliphatic carbocycles. The molecule has 72 valence electrons. The summed E-state index contributed by atoms with van der Waals surface area (Å²) in [5.74, 6) is 0.582. The number of aromatic nitrogens is 4. The zero-order valence-electron chi connectivity index (χ0n) is 7.26. The van der Waals surface area contributed by atoms with Crippen molar-refractivity contribution < 1.29 is 0 Å². The second-order valence-corrected chi connectivity index (χ2v) is 3.07. The van der Waals surface area contributed by atoms with E-state index in [1.165, 1.54) is 4.68 Å². The lowest BCUT2D eigenvalue weighted by atomic mass is 10.3. The Hall–Kier alpha value is -1.46. The van der Waals surface area contributed by atoms with Crippen LogP contribution in [0.4, 0.5) is 0 Å². The van der Waals surface area contributed by atoms with E-state index in [9.17, 15) is 0 Å². The van der Waals surface area contributed by atoms with Crippen LogP contribution in [0.25, 0.3) is 5.69 Å². The summed E-state index contributed by atoms with van der Waals surface area (Å²) in [6, 6.07) is 7.32. The quantitative estimate of drug-likeness (QED) is 0.794. The molecule has 6 heteroatoms. The number of benzene rings is 1. The Kier molecular flexibility index (Phi) is 2.43. The maximum Gasteiger partial charge on any atom is 0.170 e. The molecule has 0 spiro atoms. The van der Waals surface area contributed by atoms with Crippen molar-refractivity contribution in [3.05, 3.63) is 35.1 Å².